The van der Waals surface area contributed by atoms with Crippen molar-refractivity contribution in [2.24, 2.45) is 22.4 Å². The number of nitrogens with zero attached hydrogens (tertiary/aromatic N) is 1. The summed E-state index contributed by atoms with van der Waals surface area (Å²) in [5.41, 5.74) is 10.5. The summed E-state index contributed by atoms with van der Waals surface area (Å²) in [6, 6.07) is -1.35. The second kappa shape index (κ2) is 9.98. The highest BCUT2D eigenvalue weighted by atomic mass is 16.4. The van der Waals surface area contributed by atoms with Gasteiger partial charge in [0, 0.05) is 6.54 Å². The summed E-state index contributed by atoms with van der Waals surface area (Å²) in [7, 11) is 0. The molecule has 0 aliphatic rings. The van der Waals surface area contributed by atoms with Crippen LogP contribution in [0.4, 0.5) is 0 Å². The molecule has 2 atom stereocenters. The third kappa shape index (κ3) is 8.13. The predicted molar refractivity (Wildman–Crippen MR) is 81.8 cm³/mol. The van der Waals surface area contributed by atoms with E-state index in [0.717, 1.165) is 0 Å². The van der Waals surface area contributed by atoms with E-state index < -0.39 is 18.1 Å². The van der Waals surface area contributed by atoms with Gasteiger partial charge in [-0.1, -0.05) is 20.8 Å². The summed E-state index contributed by atoms with van der Waals surface area (Å²) in [4.78, 5) is 27.1. The number of rotatable bonds is 10. The van der Waals surface area contributed by atoms with Crippen LogP contribution in [0.5, 0.6) is 0 Å². The smallest absolute Gasteiger partial charge is 0.326 e. The molecule has 0 saturated carbocycles. The van der Waals surface area contributed by atoms with Crippen molar-refractivity contribution in [2.75, 3.05) is 13.1 Å². The van der Waals surface area contributed by atoms with E-state index in [1.165, 1.54) is 0 Å². The predicted octanol–water partition coefficient (Wildman–Crippen LogP) is -0.756. The molecule has 0 bridgehead atoms. The molecule has 7 N–H and O–H groups in total. The van der Waals surface area contributed by atoms with Crippen LogP contribution in [0.3, 0.4) is 0 Å². The molecule has 1 amide bonds. The summed E-state index contributed by atoms with van der Waals surface area (Å²) in [6.07, 6.45) is 1.16. The number of amides is 1. The summed E-state index contributed by atoms with van der Waals surface area (Å²) < 4.78 is 0. The van der Waals surface area contributed by atoms with Gasteiger partial charge in [0.2, 0.25) is 5.91 Å². The fraction of sp³-hybridized carbons (Fsp3) is 0.769. The maximum absolute atomic E-state index is 12.2. The first-order valence-electron chi connectivity index (χ1n) is 7.11. The summed E-state index contributed by atoms with van der Waals surface area (Å²) in [5, 5.41) is 14.7. The van der Waals surface area contributed by atoms with Gasteiger partial charge < -0.3 is 27.2 Å². The lowest BCUT2D eigenvalue weighted by Gasteiger charge is -2.22. The lowest BCUT2D eigenvalue weighted by molar-refractivity contribution is -0.143. The van der Waals surface area contributed by atoms with Crippen molar-refractivity contribution in [3.63, 3.8) is 0 Å². The van der Waals surface area contributed by atoms with E-state index in [2.05, 4.69) is 15.6 Å². The number of carbonyl (C=O) groups is 2. The van der Waals surface area contributed by atoms with E-state index >= 15 is 0 Å². The minimum absolute atomic E-state index is 0.0187. The number of carboxylic acids is 1. The Kier molecular flexibility index (Phi) is 9.11. The molecule has 0 aromatic carbocycles. The van der Waals surface area contributed by atoms with E-state index in [-0.39, 0.29) is 17.8 Å². The highest BCUT2D eigenvalue weighted by Crippen LogP contribution is 2.04. The lowest BCUT2D eigenvalue weighted by atomic mass is 10.0. The zero-order chi connectivity index (χ0) is 16.4. The minimum Gasteiger partial charge on any atom is -0.480 e. The number of aliphatic imine (C=N–C) groups is 1. The number of carbonyl (C=O) groups excluding carboxylic acids is 1. The largest absolute Gasteiger partial charge is 0.480 e. The van der Waals surface area contributed by atoms with Crippen LogP contribution in [0.2, 0.25) is 0 Å². The van der Waals surface area contributed by atoms with Gasteiger partial charge in [-0.15, -0.1) is 0 Å². The van der Waals surface area contributed by atoms with Gasteiger partial charge in [-0.3, -0.25) is 9.79 Å². The molecule has 0 rings (SSSR count). The van der Waals surface area contributed by atoms with Gasteiger partial charge in [0.15, 0.2) is 5.96 Å². The topological polar surface area (TPSA) is 143 Å². The monoisotopic (exact) mass is 301 g/mol. The Bertz CT molecular complexity index is 367. The third-order valence-electron chi connectivity index (χ3n) is 2.94. The van der Waals surface area contributed by atoms with E-state index in [1.54, 1.807) is 13.8 Å². The number of nitrogens with two attached hydrogens (primary N) is 2. The van der Waals surface area contributed by atoms with Gasteiger partial charge in [-0.2, -0.15) is 0 Å². The van der Waals surface area contributed by atoms with E-state index in [9.17, 15) is 9.59 Å². The number of carboxylic acid groups (broad SMARTS) is 1. The van der Waals surface area contributed by atoms with Crippen molar-refractivity contribution < 1.29 is 14.7 Å². The molecule has 0 heterocycles. The summed E-state index contributed by atoms with van der Waals surface area (Å²) in [6.45, 7) is 6.43. The maximum atomic E-state index is 12.2. The zero-order valence-corrected chi connectivity index (χ0v) is 12.9. The minimum atomic E-state index is -1.03. The van der Waals surface area contributed by atoms with Crippen molar-refractivity contribution in [1.29, 1.82) is 0 Å². The second-order valence-electron chi connectivity index (χ2n) is 5.13. The molecular weight excluding hydrogens is 274 g/mol. The Balaban J connectivity index is 4.53. The van der Waals surface area contributed by atoms with Crippen LogP contribution in [0, 0.1) is 5.92 Å². The molecule has 21 heavy (non-hydrogen) atoms. The van der Waals surface area contributed by atoms with E-state index in [1.807, 2.05) is 6.92 Å². The molecule has 0 unspecified atom stereocenters. The van der Waals surface area contributed by atoms with Gasteiger partial charge >= 0.3 is 5.97 Å². The first-order valence-corrected chi connectivity index (χ1v) is 7.11. The standard InChI is InChI=1S/C13H27N5O3/c1-4-16-9(6-5-7-17-13(14)15)11(19)18-10(8(2)3)12(20)21/h8-10,16H,4-7H2,1-3H3,(H,18,19)(H,20,21)(H4,14,15,17)/t9-,10-/m0/s1. The molecule has 0 aliphatic heterocycles. The Morgan fingerprint density at radius 3 is 2.33 bits per heavy atom. The van der Waals surface area contributed by atoms with Crippen molar-refractivity contribution in [3.8, 4) is 0 Å². The molecule has 0 aliphatic carbocycles. The maximum Gasteiger partial charge on any atom is 0.326 e. The highest BCUT2D eigenvalue weighted by Gasteiger charge is 2.26. The number of nitrogens with one attached hydrogen (secondary N) is 2. The Morgan fingerprint density at radius 2 is 1.90 bits per heavy atom. The fourth-order valence-electron chi connectivity index (χ4n) is 1.84. The molecule has 0 aromatic rings. The summed E-state index contributed by atoms with van der Waals surface area (Å²) >= 11 is 0. The lowest BCUT2D eigenvalue weighted by Crippen LogP contribution is -2.52. The molecule has 0 aromatic heterocycles. The molecule has 0 radical (unpaired) electrons. The van der Waals surface area contributed by atoms with Gasteiger partial charge in [0.1, 0.15) is 6.04 Å². The molecule has 0 saturated heterocycles. The quantitative estimate of drug-likeness (QED) is 0.204. The van der Waals surface area contributed by atoms with Crippen LogP contribution in [-0.2, 0) is 9.59 Å². The average Bonchev–Trinajstić information content (AvgIpc) is 2.38. The Labute approximate surface area is 125 Å². The first-order chi connectivity index (χ1) is 9.79. The molecule has 0 spiro atoms. The Hall–Kier alpha value is -1.83. The molecule has 0 fully saturated rings. The fourth-order valence-corrected chi connectivity index (χ4v) is 1.84. The van der Waals surface area contributed by atoms with Crippen LogP contribution < -0.4 is 22.1 Å². The summed E-state index contributed by atoms with van der Waals surface area (Å²) in [5.74, 6) is -1.52. The normalized spacial score (nSPS) is 13.5. The van der Waals surface area contributed by atoms with Gasteiger partial charge in [-0.05, 0) is 25.3 Å². The van der Waals surface area contributed by atoms with Crippen LogP contribution in [0.25, 0.3) is 0 Å². The second-order valence-corrected chi connectivity index (χ2v) is 5.13. The van der Waals surface area contributed by atoms with Gasteiger partial charge in [-0.25, -0.2) is 4.79 Å². The number of hydrogen-bond donors (Lipinski definition) is 5. The average molecular weight is 301 g/mol. The van der Waals surface area contributed by atoms with Crippen molar-refractivity contribution in [2.45, 2.75) is 45.7 Å². The molecule has 8 nitrogen and oxygen atoms in total. The van der Waals surface area contributed by atoms with Gasteiger partial charge in [0.25, 0.3) is 0 Å². The Morgan fingerprint density at radius 1 is 1.29 bits per heavy atom. The SMILES string of the molecule is CCN[C@@H](CCCN=C(N)N)C(=O)N[C@H](C(=O)O)C(C)C. The number of aliphatic carboxylic acids is 1. The number of guanidine groups is 1. The zero-order valence-electron chi connectivity index (χ0n) is 12.9. The molecular formula is C13H27N5O3. The van der Waals surface area contributed by atoms with Crippen molar-refractivity contribution in [1.82, 2.24) is 10.6 Å². The third-order valence-corrected chi connectivity index (χ3v) is 2.94. The number of likely N-dealkylation sites (N-methyl/N-ethyl adjacent to an activating group) is 1. The van der Waals surface area contributed by atoms with Crippen LogP contribution >= 0.6 is 0 Å². The van der Waals surface area contributed by atoms with Crippen LogP contribution in [0.15, 0.2) is 4.99 Å². The highest BCUT2D eigenvalue weighted by molar-refractivity contribution is 5.87. The van der Waals surface area contributed by atoms with Gasteiger partial charge in [0.05, 0.1) is 6.04 Å². The van der Waals surface area contributed by atoms with Crippen LogP contribution in [-0.4, -0.2) is 48.1 Å². The van der Waals surface area contributed by atoms with Crippen LogP contribution in [0.1, 0.15) is 33.6 Å². The number of hydrogen-bond acceptors (Lipinski definition) is 4. The van der Waals surface area contributed by atoms with E-state index in [4.69, 9.17) is 16.6 Å². The van der Waals surface area contributed by atoms with E-state index in [0.29, 0.717) is 25.9 Å². The van der Waals surface area contributed by atoms with Crippen molar-refractivity contribution >= 4 is 17.8 Å². The molecule has 122 valence electrons. The molecule has 8 heteroatoms. The van der Waals surface area contributed by atoms with Crippen molar-refractivity contribution in [3.05, 3.63) is 0 Å². The first kappa shape index (κ1) is 19.2.